The molecule has 0 amide bonds. The Morgan fingerprint density at radius 3 is 2.43 bits per heavy atom. The third-order valence-corrected chi connectivity index (χ3v) is 3.94. The molecule has 106 valence electrons. The van der Waals surface area contributed by atoms with E-state index >= 15 is 0 Å². The lowest BCUT2D eigenvalue weighted by Gasteiger charge is -2.21. The number of hydrogen-bond acceptors (Lipinski definition) is 2. The number of hydrazone groups is 1. The van der Waals surface area contributed by atoms with E-state index in [4.69, 9.17) is 29.6 Å². The Morgan fingerprint density at radius 2 is 1.81 bits per heavy atom. The number of benzene rings is 2. The zero-order chi connectivity index (χ0) is 14.8. The van der Waals surface area contributed by atoms with Gasteiger partial charge in [-0.3, -0.25) is 0 Å². The van der Waals surface area contributed by atoms with Crippen LogP contribution in [0.2, 0.25) is 5.02 Å². The van der Waals surface area contributed by atoms with Gasteiger partial charge in [0.2, 0.25) is 0 Å². The van der Waals surface area contributed by atoms with E-state index in [-0.39, 0.29) is 11.2 Å². The summed E-state index contributed by atoms with van der Waals surface area (Å²) in [6.07, 6.45) is 0.767. The summed E-state index contributed by atoms with van der Waals surface area (Å²) in [4.78, 5) is 0. The monoisotopic (exact) mass is 315 g/mol. The van der Waals surface area contributed by atoms with E-state index in [9.17, 15) is 0 Å². The minimum atomic E-state index is 0.0504. The molecule has 5 heteroatoms. The van der Waals surface area contributed by atoms with Crippen LogP contribution in [0.15, 0.2) is 59.7 Å². The number of hydrogen-bond donors (Lipinski definition) is 1. The zero-order valence-electron chi connectivity index (χ0n) is 11.2. The highest BCUT2D eigenvalue weighted by Gasteiger charge is 2.30. The van der Waals surface area contributed by atoms with Crippen LogP contribution in [-0.2, 0) is 0 Å². The molecule has 0 aromatic heterocycles. The quantitative estimate of drug-likeness (QED) is 0.858. The van der Waals surface area contributed by atoms with Gasteiger partial charge >= 0.3 is 0 Å². The van der Waals surface area contributed by atoms with Crippen LogP contribution in [0.5, 0.6) is 0 Å². The molecule has 2 aromatic rings. The summed E-state index contributed by atoms with van der Waals surface area (Å²) in [7, 11) is 0. The van der Waals surface area contributed by atoms with Crippen molar-refractivity contribution in [3.05, 3.63) is 70.7 Å². The second-order valence-corrected chi connectivity index (χ2v) is 5.72. The average Bonchev–Trinajstić information content (AvgIpc) is 2.94. The van der Waals surface area contributed by atoms with Crippen molar-refractivity contribution in [1.82, 2.24) is 5.01 Å². The van der Waals surface area contributed by atoms with Crippen LogP contribution in [0.4, 0.5) is 0 Å². The van der Waals surface area contributed by atoms with Gasteiger partial charge in [-0.05, 0) is 35.5 Å². The van der Waals surface area contributed by atoms with Gasteiger partial charge in [0, 0.05) is 11.4 Å². The first-order chi connectivity index (χ1) is 10.1. The summed E-state index contributed by atoms with van der Waals surface area (Å²) in [5.74, 6) is 0. The third-order valence-electron chi connectivity index (χ3n) is 3.50. The van der Waals surface area contributed by atoms with Crippen molar-refractivity contribution in [2.75, 3.05) is 0 Å². The molecule has 3 rings (SSSR count). The van der Waals surface area contributed by atoms with Crippen LogP contribution in [0.25, 0.3) is 0 Å². The molecule has 0 aliphatic carbocycles. The molecular formula is C16H14ClN3S. The number of thiocarbonyl (C=S) groups is 1. The molecule has 1 unspecified atom stereocenters. The summed E-state index contributed by atoms with van der Waals surface area (Å²) in [5, 5.41) is 7.30. The first-order valence-corrected chi connectivity index (χ1v) is 7.41. The molecule has 1 aliphatic heterocycles. The van der Waals surface area contributed by atoms with E-state index in [1.807, 2.05) is 42.5 Å². The number of nitrogens with zero attached hydrogens (tertiary/aromatic N) is 2. The average molecular weight is 316 g/mol. The Labute approximate surface area is 134 Å². The Balaban J connectivity index is 1.93. The molecule has 2 aromatic carbocycles. The highest BCUT2D eigenvalue weighted by molar-refractivity contribution is 7.80. The first kappa shape index (κ1) is 14.0. The van der Waals surface area contributed by atoms with E-state index in [1.54, 1.807) is 5.01 Å². The predicted octanol–water partition coefficient (Wildman–Crippen LogP) is 3.73. The Kier molecular flexibility index (Phi) is 3.90. The molecular weight excluding hydrogens is 302 g/mol. The van der Waals surface area contributed by atoms with Crippen LogP contribution in [0, 0.1) is 0 Å². The molecule has 1 aliphatic rings. The van der Waals surface area contributed by atoms with Crippen molar-refractivity contribution in [2.45, 2.75) is 12.5 Å². The lowest BCUT2D eigenvalue weighted by atomic mass is 9.99. The summed E-state index contributed by atoms with van der Waals surface area (Å²) in [6, 6.07) is 17.8. The number of halogens is 1. The van der Waals surface area contributed by atoms with Gasteiger partial charge in [-0.15, -0.1) is 0 Å². The Morgan fingerprint density at radius 1 is 1.14 bits per heavy atom. The van der Waals surface area contributed by atoms with Crippen molar-refractivity contribution < 1.29 is 0 Å². The molecule has 0 spiro atoms. The van der Waals surface area contributed by atoms with Gasteiger partial charge in [0.15, 0.2) is 5.11 Å². The maximum atomic E-state index is 5.93. The fourth-order valence-electron chi connectivity index (χ4n) is 2.47. The van der Waals surface area contributed by atoms with Gasteiger partial charge < -0.3 is 5.73 Å². The van der Waals surface area contributed by atoms with Crippen molar-refractivity contribution in [1.29, 1.82) is 0 Å². The minimum absolute atomic E-state index is 0.0504. The fourth-order valence-corrected chi connectivity index (χ4v) is 2.76. The maximum Gasteiger partial charge on any atom is 0.187 e. The summed E-state index contributed by atoms with van der Waals surface area (Å²) in [5.41, 5.74) is 8.98. The highest BCUT2D eigenvalue weighted by atomic mass is 35.5. The lowest BCUT2D eigenvalue weighted by Crippen LogP contribution is -2.31. The van der Waals surface area contributed by atoms with E-state index in [0.717, 1.165) is 23.3 Å². The molecule has 21 heavy (non-hydrogen) atoms. The van der Waals surface area contributed by atoms with Crippen molar-refractivity contribution in [2.24, 2.45) is 10.8 Å². The van der Waals surface area contributed by atoms with Gasteiger partial charge in [0.05, 0.1) is 11.8 Å². The van der Waals surface area contributed by atoms with Crippen LogP contribution >= 0.6 is 23.8 Å². The minimum Gasteiger partial charge on any atom is -0.375 e. The van der Waals surface area contributed by atoms with Crippen LogP contribution in [-0.4, -0.2) is 15.8 Å². The van der Waals surface area contributed by atoms with Gasteiger partial charge in [-0.2, -0.15) is 5.10 Å². The maximum absolute atomic E-state index is 5.93. The van der Waals surface area contributed by atoms with Crippen LogP contribution < -0.4 is 5.73 Å². The SMILES string of the molecule is NC(=S)N1N=C(c2ccc(Cl)cc2)CC1c1ccccc1. The van der Waals surface area contributed by atoms with E-state index in [0.29, 0.717) is 5.02 Å². The molecule has 0 bridgehead atoms. The van der Waals surface area contributed by atoms with Crippen LogP contribution in [0.3, 0.4) is 0 Å². The standard InChI is InChI=1S/C16H14ClN3S/c17-13-8-6-11(7-9-13)14-10-15(20(19-14)16(18)21)12-4-2-1-3-5-12/h1-9,15H,10H2,(H2,18,21). The summed E-state index contributed by atoms with van der Waals surface area (Å²) in [6.45, 7) is 0. The highest BCUT2D eigenvalue weighted by Crippen LogP contribution is 2.32. The van der Waals surface area contributed by atoms with Crippen molar-refractivity contribution in [3.63, 3.8) is 0 Å². The topological polar surface area (TPSA) is 41.6 Å². The molecule has 2 N–H and O–H groups in total. The smallest absolute Gasteiger partial charge is 0.187 e. The van der Waals surface area contributed by atoms with Gasteiger partial charge in [0.1, 0.15) is 0 Å². The van der Waals surface area contributed by atoms with Crippen molar-refractivity contribution >= 4 is 34.6 Å². The molecule has 0 fully saturated rings. The van der Waals surface area contributed by atoms with Crippen molar-refractivity contribution in [3.8, 4) is 0 Å². The normalized spacial score (nSPS) is 17.7. The third kappa shape index (κ3) is 2.91. The summed E-state index contributed by atoms with van der Waals surface area (Å²) < 4.78 is 0. The van der Waals surface area contributed by atoms with Gasteiger partial charge in [-0.25, -0.2) is 5.01 Å². The Bertz CT molecular complexity index is 682. The van der Waals surface area contributed by atoms with Gasteiger partial charge in [0.25, 0.3) is 0 Å². The van der Waals surface area contributed by atoms with Gasteiger partial charge in [-0.1, -0.05) is 54.1 Å². The molecule has 1 heterocycles. The second kappa shape index (κ2) is 5.84. The summed E-state index contributed by atoms with van der Waals surface area (Å²) >= 11 is 11.1. The molecule has 3 nitrogen and oxygen atoms in total. The lowest BCUT2D eigenvalue weighted by molar-refractivity contribution is 0.373. The largest absolute Gasteiger partial charge is 0.375 e. The number of rotatable bonds is 2. The van der Waals surface area contributed by atoms with E-state index < -0.39 is 0 Å². The predicted molar refractivity (Wildman–Crippen MR) is 90.4 cm³/mol. The van der Waals surface area contributed by atoms with E-state index in [1.165, 1.54) is 0 Å². The molecule has 0 saturated carbocycles. The number of nitrogens with two attached hydrogens (primary N) is 1. The molecule has 0 saturated heterocycles. The second-order valence-electron chi connectivity index (χ2n) is 4.87. The first-order valence-electron chi connectivity index (χ1n) is 6.62. The van der Waals surface area contributed by atoms with Crippen LogP contribution in [0.1, 0.15) is 23.6 Å². The fraction of sp³-hybridized carbons (Fsp3) is 0.125. The molecule has 1 atom stereocenters. The molecule has 0 radical (unpaired) electrons. The Hall–Kier alpha value is -1.91. The zero-order valence-corrected chi connectivity index (χ0v) is 12.8. The van der Waals surface area contributed by atoms with E-state index in [2.05, 4.69) is 17.2 Å².